The number of carboxylic acids is 1. The summed E-state index contributed by atoms with van der Waals surface area (Å²) < 4.78 is 10.2. The lowest BCUT2D eigenvalue weighted by molar-refractivity contribution is -0.139. The number of carbonyl (C=O) groups is 2. The van der Waals surface area contributed by atoms with Crippen LogP contribution in [0.1, 0.15) is 19.8 Å². The summed E-state index contributed by atoms with van der Waals surface area (Å²) in [4.78, 5) is 24.8. The number of aliphatic carboxylic acids is 1. The summed E-state index contributed by atoms with van der Waals surface area (Å²) >= 11 is 0. The fraction of sp³-hybridized carbons (Fsp3) is 0.833. The number of nitrogens with zero attached hydrogens (tertiary/aromatic N) is 1. The van der Waals surface area contributed by atoms with Crippen molar-refractivity contribution in [2.75, 3.05) is 33.5 Å². The Morgan fingerprint density at radius 1 is 1.58 bits per heavy atom. The Kier molecular flexibility index (Phi) is 6.58. The second-order valence-corrected chi connectivity index (χ2v) is 4.45. The van der Waals surface area contributed by atoms with Crippen LogP contribution in [0.3, 0.4) is 0 Å². The standard InChI is InChI=1S/C12H22N2O5/c1-3-9-8-19-7-5-14(9)12(17)13-10(11(15)16)4-6-18-2/h9-10H,3-8H2,1-2H3,(H,13,17)(H,15,16). The first kappa shape index (κ1) is 15.7. The molecule has 1 aliphatic rings. The van der Waals surface area contributed by atoms with Gasteiger partial charge in [0.1, 0.15) is 6.04 Å². The molecule has 19 heavy (non-hydrogen) atoms. The van der Waals surface area contributed by atoms with E-state index in [2.05, 4.69) is 5.32 Å². The molecule has 0 bridgehead atoms. The van der Waals surface area contributed by atoms with Gasteiger partial charge in [0.25, 0.3) is 0 Å². The van der Waals surface area contributed by atoms with Crippen LogP contribution in [0.4, 0.5) is 4.79 Å². The smallest absolute Gasteiger partial charge is 0.326 e. The molecule has 2 unspecified atom stereocenters. The van der Waals surface area contributed by atoms with Gasteiger partial charge in [0.2, 0.25) is 0 Å². The van der Waals surface area contributed by atoms with Crippen LogP contribution >= 0.6 is 0 Å². The van der Waals surface area contributed by atoms with Gasteiger partial charge in [-0.25, -0.2) is 9.59 Å². The predicted octanol–water partition coefficient (Wildman–Crippen LogP) is 0.297. The maximum Gasteiger partial charge on any atom is 0.326 e. The third kappa shape index (κ3) is 4.68. The number of nitrogens with one attached hydrogen (secondary N) is 1. The van der Waals surface area contributed by atoms with Crippen LogP contribution in [0.15, 0.2) is 0 Å². The van der Waals surface area contributed by atoms with Crippen molar-refractivity contribution >= 4 is 12.0 Å². The van der Waals surface area contributed by atoms with Crippen LogP contribution in [0, 0.1) is 0 Å². The molecule has 1 saturated heterocycles. The SMILES string of the molecule is CCC1COCCN1C(=O)NC(CCOC)C(=O)O. The Hall–Kier alpha value is -1.34. The molecule has 2 amide bonds. The summed E-state index contributed by atoms with van der Waals surface area (Å²) in [5.74, 6) is -1.05. The third-order valence-corrected chi connectivity index (χ3v) is 3.17. The number of urea groups is 1. The molecule has 0 aromatic heterocycles. The monoisotopic (exact) mass is 274 g/mol. The number of ether oxygens (including phenoxy) is 2. The topological polar surface area (TPSA) is 88.1 Å². The van der Waals surface area contributed by atoms with Crippen LogP contribution in [0.2, 0.25) is 0 Å². The summed E-state index contributed by atoms with van der Waals surface area (Å²) in [6.45, 7) is 3.73. The van der Waals surface area contributed by atoms with Crippen molar-refractivity contribution < 1.29 is 24.2 Å². The van der Waals surface area contributed by atoms with E-state index in [1.807, 2.05) is 6.92 Å². The zero-order valence-electron chi connectivity index (χ0n) is 11.4. The lowest BCUT2D eigenvalue weighted by atomic mass is 10.2. The number of amides is 2. The van der Waals surface area contributed by atoms with Crippen molar-refractivity contribution in [1.82, 2.24) is 10.2 Å². The van der Waals surface area contributed by atoms with Crippen LogP contribution < -0.4 is 5.32 Å². The van der Waals surface area contributed by atoms with Crippen LogP contribution in [-0.2, 0) is 14.3 Å². The van der Waals surface area contributed by atoms with Crippen molar-refractivity contribution in [3.63, 3.8) is 0 Å². The van der Waals surface area contributed by atoms with Gasteiger partial charge in [-0.15, -0.1) is 0 Å². The van der Waals surface area contributed by atoms with Crippen molar-refractivity contribution in [3.05, 3.63) is 0 Å². The molecule has 0 aliphatic carbocycles. The van der Waals surface area contributed by atoms with E-state index in [-0.39, 0.29) is 25.1 Å². The second kappa shape index (κ2) is 7.96. The summed E-state index contributed by atoms with van der Waals surface area (Å²) in [5, 5.41) is 11.6. The van der Waals surface area contributed by atoms with E-state index in [4.69, 9.17) is 14.6 Å². The first-order valence-electron chi connectivity index (χ1n) is 6.46. The molecule has 0 aromatic rings. The average Bonchev–Trinajstić information content (AvgIpc) is 2.42. The number of hydrogen-bond acceptors (Lipinski definition) is 4. The van der Waals surface area contributed by atoms with E-state index in [0.717, 1.165) is 6.42 Å². The third-order valence-electron chi connectivity index (χ3n) is 3.17. The normalized spacial score (nSPS) is 20.9. The first-order valence-corrected chi connectivity index (χ1v) is 6.46. The highest BCUT2D eigenvalue weighted by Gasteiger charge is 2.29. The van der Waals surface area contributed by atoms with Crippen molar-refractivity contribution in [1.29, 1.82) is 0 Å². The lowest BCUT2D eigenvalue weighted by Crippen LogP contribution is -2.55. The number of methoxy groups -OCH3 is 1. The molecule has 0 radical (unpaired) electrons. The molecule has 2 atom stereocenters. The minimum absolute atomic E-state index is 0.00520. The Labute approximate surface area is 112 Å². The van der Waals surface area contributed by atoms with Gasteiger partial charge in [0, 0.05) is 26.7 Å². The second-order valence-electron chi connectivity index (χ2n) is 4.45. The quantitative estimate of drug-likeness (QED) is 0.727. The van der Waals surface area contributed by atoms with E-state index in [9.17, 15) is 9.59 Å². The summed E-state index contributed by atoms with van der Waals surface area (Å²) in [7, 11) is 1.50. The van der Waals surface area contributed by atoms with Gasteiger partial charge >= 0.3 is 12.0 Å². The molecule has 0 saturated carbocycles. The minimum Gasteiger partial charge on any atom is -0.480 e. The maximum absolute atomic E-state index is 12.1. The Morgan fingerprint density at radius 3 is 2.89 bits per heavy atom. The van der Waals surface area contributed by atoms with Gasteiger partial charge in [-0.1, -0.05) is 6.92 Å². The van der Waals surface area contributed by atoms with Crippen LogP contribution in [-0.4, -0.2) is 67.6 Å². The van der Waals surface area contributed by atoms with Gasteiger partial charge in [0.15, 0.2) is 0 Å². The number of morpholine rings is 1. The molecule has 1 rings (SSSR count). The fourth-order valence-electron chi connectivity index (χ4n) is 1.99. The Morgan fingerprint density at radius 2 is 2.32 bits per heavy atom. The van der Waals surface area contributed by atoms with E-state index in [1.165, 1.54) is 7.11 Å². The maximum atomic E-state index is 12.1. The Bertz CT molecular complexity index is 310. The fourth-order valence-corrected chi connectivity index (χ4v) is 1.99. The zero-order valence-corrected chi connectivity index (χ0v) is 11.4. The van der Waals surface area contributed by atoms with Crippen molar-refractivity contribution in [2.24, 2.45) is 0 Å². The van der Waals surface area contributed by atoms with E-state index in [0.29, 0.717) is 19.8 Å². The lowest BCUT2D eigenvalue weighted by Gasteiger charge is -2.35. The highest BCUT2D eigenvalue weighted by molar-refractivity contribution is 5.82. The predicted molar refractivity (Wildman–Crippen MR) is 68.1 cm³/mol. The number of rotatable bonds is 6. The van der Waals surface area contributed by atoms with E-state index < -0.39 is 12.0 Å². The molecule has 1 aliphatic heterocycles. The number of carbonyl (C=O) groups excluding carboxylic acids is 1. The summed E-state index contributed by atoms with van der Waals surface area (Å²) in [6.07, 6.45) is 1.03. The number of carboxylic acid groups (broad SMARTS) is 1. The van der Waals surface area contributed by atoms with Crippen LogP contribution in [0.25, 0.3) is 0 Å². The zero-order chi connectivity index (χ0) is 14.3. The van der Waals surface area contributed by atoms with Gasteiger partial charge < -0.3 is 24.8 Å². The molecular formula is C12H22N2O5. The molecular weight excluding hydrogens is 252 g/mol. The highest BCUT2D eigenvalue weighted by atomic mass is 16.5. The van der Waals surface area contributed by atoms with Gasteiger partial charge in [0.05, 0.1) is 19.3 Å². The van der Waals surface area contributed by atoms with Gasteiger partial charge in [-0.2, -0.15) is 0 Å². The van der Waals surface area contributed by atoms with Crippen molar-refractivity contribution in [3.8, 4) is 0 Å². The average molecular weight is 274 g/mol. The molecule has 7 heteroatoms. The minimum atomic E-state index is -1.05. The molecule has 110 valence electrons. The largest absolute Gasteiger partial charge is 0.480 e. The molecule has 1 heterocycles. The summed E-state index contributed by atoms with van der Waals surface area (Å²) in [5.41, 5.74) is 0. The van der Waals surface area contributed by atoms with Gasteiger partial charge in [-0.3, -0.25) is 0 Å². The molecule has 2 N–H and O–H groups in total. The molecule has 0 spiro atoms. The van der Waals surface area contributed by atoms with E-state index in [1.54, 1.807) is 4.90 Å². The van der Waals surface area contributed by atoms with Crippen molar-refractivity contribution in [2.45, 2.75) is 31.8 Å². The highest BCUT2D eigenvalue weighted by Crippen LogP contribution is 2.10. The molecule has 0 aromatic carbocycles. The molecule has 1 fully saturated rings. The van der Waals surface area contributed by atoms with Crippen LogP contribution in [0.5, 0.6) is 0 Å². The number of hydrogen-bond donors (Lipinski definition) is 2. The van der Waals surface area contributed by atoms with E-state index >= 15 is 0 Å². The molecule has 7 nitrogen and oxygen atoms in total. The first-order chi connectivity index (χ1) is 9.10. The summed E-state index contributed by atoms with van der Waals surface area (Å²) in [6, 6.07) is -1.27. The van der Waals surface area contributed by atoms with Gasteiger partial charge in [-0.05, 0) is 6.42 Å². The Balaban J connectivity index is 2.56.